The molecule has 7 heteroatoms. The summed E-state index contributed by atoms with van der Waals surface area (Å²) in [5, 5.41) is 13.5. The highest BCUT2D eigenvalue weighted by Crippen LogP contribution is 2.15. The van der Waals surface area contributed by atoms with Crippen molar-refractivity contribution in [2.24, 2.45) is 0 Å². The van der Waals surface area contributed by atoms with E-state index in [4.69, 9.17) is 5.26 Å². The second kappa shape index (κ2) is 6.42. The van der Waals surface area contributed by atoms with Crippen molar-refractivity contribution >= 4 is 33.1 Å². The number of carbonyl (C=O) groups is 1. The molecule has 0 atom stereocenters. The maximum Gasteiger partial charge on any atom is 0.271 e. The molecule has 0 bridgehead atoms. The maximum atomic E-state index is 12.2. The van der Waals surface area contributed by atoms with Gasteiger partial charge in [0.05, 0.1) is 23.1 Å². The predicted octanol–water partition coefficient (Wildman–Crippen LogP) is 2.36. The maximum absolute atomic E-state index is 12.2. The summed E-state index contributed by atoms with van der Waals surface area (Å²) in [6.45, 7) is 0.236. The number of para-hydroxylation sites is 1. The molecule has 3 rings (SSSR count). The van der Waals surface area contributed by atoms with E-state index in [-0.39, 0.29) is 24.4 Å². The van der Waals surface area contributed by atoms with E-state index >= 15 is 0 Å². The van der Waals surface area contributed by atoms with Crippen molar-refractivity contribution in [3.63, 3.8) is 0 Å². The Balaban J connectivity index is 1.70. The van der Waals surface area contributed by atoms with E-state index in [1.54, 1.807) is 30.3 Å². The number of fused-ring (bicyclic) bond motifs is 1. The molecule has 0 aliphatic rings. The lowest BCUT2D eigenvalue weighted by Gasteiger charge is -2.08. The second-order valence-corrected chi connectivity index (χ2v) is 5.75. The third kappa shape index (κ3) is 3.12. The van der Waals surface area contributed by atoms with Gasteiger partial charge in [0.1, 0.15) is 10.8 Å². The van der Waals surface area contributed by atoms with Crippen molar-refractivity contribution in [1.29, 1.82) is 5.26 Å². The molecule has 0 radical (unpaired) electrons. The molecule has 0 saturated carbocycles. The summed E-state index contributed by atoms with van der Waals surface area (Å²) in [6.07, 6.45) is 1.58. The number of nitriles is 1. The number of carbonyl (C=O) groups excluding carboxylic acids is 1. The number of nitrogens with zero attached hydrogens (tertiary/aromatic N) is 3. The highest BCUT2D eigenvalue weighted by Gasteiger charge is 2.09. The molecule has 1 N–H and O–H groups in total. The van der Waals surface area contributed by atoms with Crippen LogP contribution >= 0.6 is 11.3 Å². The summed E-state index contributed by atoms with van der Waals surface area (Å²) >= 11 is 1.34. The summed E-state index contributed by atoms with van der Waals surface area (Å²) in [4.78, 5) is 28.4. The van der Waals surface area contributed by atoms with E-state index in [9.17, 15) is 9.59 Å². The minimum Gasteiger partial charge on any atom is -0.325 e. The first kappa shape index (κ1) is 14.9. The monoisotopic (exact) mass is 324 g/mol. The molecule has 0 saturated heterocycles. The van der Waals surface area contributed by atoms with Crippen LogP contribution in [-0.2, 0) is 11.3 Å². The van der Waals surface area contributed by atoms with Gasteiger partial charge in [-0.3, -0.25) is 14.2 Å². The molecule has 2 aromatic heterocycles. The van der Waals surface area contributed by atoms with Gasteiger partial charge in [0.2, 0.25) is 5.91 Å². The molecule has 0 spiro atoms. The van der Waals surface area contributed by atoms with Gasteiger partial charge in [-0.2, -0.15) is 5.26 Å². The molecular formula is C16H12N4O2S. The van der Waals surface area contributed by atoms with Crippen LogP contribution in [0.4, 0.5) is 5.69 Å². The van der Waals surface area contributed by atoms with Crippen LogP contribution < -0.4 is 10.9 Å². The Labute approximate surface area is 135 Å². The molecule has 0 aliphatic carbocycles. The third-order valence-corrected chi connectivity index (χ3v) is 4.23. The predicted molar refractivity (Wildman–Crippen MR) is 88.3 cm³/mol. The average Bonchev–Trinajstić information content (AvgIpc) is 3.04. The number of anilines is 1. The van der Waals surface area contributed by atoms with Crippen LogP contribution in [0.5, 0.6) is 0 Å². The molecule has 1 aromatic carbocycles. The average molecular weight is 324 g/mol. The van der Waals surface area contributed by atoms with Gasteiger partial charge < -0.3 is 5.32 Å². The molecule has 23 heavy (non-hydrogen) atoms. The molecule has 0 unspecified atom stereocenters. The van der Waals surface area contributed by atoms with Gasteiger partial charge in [-0.05, 0) is 23.6 Å². The first-order valence-corrected chi connectivity index (χ1v) is 7.78. The summed E-state index contributed by atoms with van der Waals surface area (Å²) in [6, 6.07) is 10.6. The number of hydrogen-bond donors (Lipinski definition) is 1. The first-order valence-electron chi connectivity index (χ1n) is 6.90. The van der Waals surface area contributed by atoms with Crippen LogP contribution in [0.25, 0.3) is 10.2 Å². The minimum absolute atomic E-state index is 0.123. The zero-order valence-electron chi connectivity index (χ0n) is 12.0. The Morgan fingerprint density at radius 2 is 2.17 bits per heavy atom. The fourth-order valence-electron chi connectivity index (χ4n) is 2.16. The molecule has 2 heterocycles. The number of thiophene rings is 1. The number of amides is 1. The molecular weight excluding hydrogens is 312 g/mol. The quantitative estimate of drug-likeness (QED) is 0.798. The zero-order chi connectivity index (χ0) is 16.2. The Morgan fingerprint density at radius 3 is 3.00 bits per heavy atom. The van der Waals surface area contributed by atoms with Gasteiger partial charge in [0.15, 0.2) is 0 Å². The minimum atomic E-state index is -0.258. The van der Waals surface area contributed by atoms with Gasteiger partial charge in [-0.15, -0.1) is 11.3 Å². The molecule has 114 valence electrons. The van der Waals surface area contributed by atoms with Gasteiger partial charge in [0.25, 0.3) is 5.56 Å². The normalized spacial score (nSPS) is 10.4. The molecule has 0 aliphatic heterocycles. The number of benzene rings is 1. The molecule has 6 nitrogen and oxygen atoms in total. The van der Waals surface area contributed by atoms with Crippen LogP contribution in [0.3, 0.4) is 0 Å². The van der Waals surface area contributed by atoms with E-state index in [1.807, 2.05) is 11.4 Å². The summed E-state index contributed by atoms with van der Waals surface area (Å²) in [5.41, 5.74) is 1.40. The molecule has 0 fully saturated rings. The fraction of sp³-hybridized carbons (Fsp3) is 0.125. The third-order valence-electron chi connectivity index (χ3n) is 3.34. The second-order valence-electron chi connectivity index (χ2n) is 4.83. The van der Waals surface area contributed by atoms with Crippen molar-refractivity contribution in [3.8, 4) is 6.07 Å². The highest BCUT2D eigenvalue weighted by molar-refractivity contribution is 7.17. The van der Waals surface area contributed by atoms with Crippen molar-refractivity contribution in [3.05, 3.63) is 58.0 Å². The van der Waals surface area contributed by atoms with Crippen LogP contribution in [-0.4, -0.2) is 15.5 Å². The number of aryl methyl sites for hydroxylation is 1. The van der Waals surface area contributed by atoms with E-state index in [1.165, 1.54) is 22.2 Å². The number of rotatable bonds is 4. The number of aromatic nitrogens is 2. The summed E-state index contributed by atoms with van der Waals surface area (Å²) < 4.78 is 2.01. The summed E-state index contributed by atoms with van der Waals surface area (Å²) in [7, 11) is 0. The van der Waals surface area contributed by atoms with Crippen LogP contribution in [0.2, 0.25) is 0 Å². The number of nitrogens with one attached hydrogen (secondary N) is 1. The van der Waals surface area contributed by atoms with Crippen molar-refractivity contribution in [2.45, 2.75) is 13.0 Å². The molecule has 3 aromatic rings. The first-order chi connectivity index (χ1) is 11.2. The Hall–Kier alpha value is -2.98. The Bertz CT molecular complexity index is 968. The van der Waals surface area contributed by atoms with Crippen LogP contribution in [0, 0.1) is 11.3 Å². The SMILES string of the molecule is N#Cc1ccccc1NC(=O)CCn1cnc2ccsc2c1=O. The Kier molecular flexibility index (Phi) is 4.17. The van der Waals surface area contributed by atoms with Crippen molar-refractivity contribution < 1.29 is 4.79 Å². The smallest absolute Gasteiger partial charge is 0.271 e. The van der Waals surface area contributed by atoms with Crippen LogP contribution in [0.1, 0.15) is 12.0 Å². The lowest BCUT2D eigenvalue weighted by Crippen LogP contribution is -2.23. The van der Waals surface area contributed by atoms with Crippen molar-refractivity contribution in [1.82, 2.24) is 9.55 Å². The number of hydrogen-bond acceptors (Lipinski definition) is 5. The van der Waals surface area contributed by atoms with Crippen molar-refractivity contribution in [2.75, 3.05) is 5.32 Å². The Morgan fingerprint density at radius 1 is 1.35 bits per heavy atom. The largest absolute Gasteiger partial charge is 0.325 e. The summed E-state index contributed by atoms with van der Waals surface area (Å²) in [5.74, 6) is -0.258. The topological polar surface area (TPSA) is 87.8 Å². The highest BCUT2D eigenvalue weighted by atomic mass is 32.1. The van der Waals surface area contributed by atoms with Gasteiger partial charge in [-0.1, -0.05) is 12.1 Å². The zero-order valence-corrected chi connectivity index (χ0v) is 12.8. The van der Waals surface area contributed by atoms with Gasteiger partial charge >= 0.3 is 0 Å². The van der Waals surface area contributed by atoms with Crippen LogP contribution in [0.15, 0.2) is 46.8 Å². The van der Waals surface area contributed by atoms with Gasteiger partial charge in [-0.25, -0.2) is 4.98 Å². The van der Waals surface area contributed by atoms with E-state index in [0.29, 0.717) is 21.5 Å². The van der Waals surface area contributed by atoms with Gasteiger partial charge in [0, 0.05) is 13.0 Å². The van der Waals surface area contributed by atoms with E-state index in [0.717, 1.165) is 0 Å². The lowest BCUT2D eigenvalue weighted by molar-refractivity contribution is -0.116. The lowest BCUT2D eigenvalue weighted by atomic mass is 10.2. The molecule has 1 amide bonds. The van der Waals surface area contributed by atoms with E-state index in [2.05, 4.69) is 10.3 Å². The van der Waals surface area contributed by atoms with E-state index < -0.39 is 0 Å². The fourth-order valence-corrected chi connectivity index (χ4v) is 2.96. The standard InChI is InChI=1S/C16H12N4O2S/c17-9-11-3-1-2-4-12(11)19-14(21)5-7-20-10-18-13-6-8-23-15(13)16(20)22/h1-4,6,8,10H,5,7H2,(H,19,21).